The number of hydrogen-bond donors (Lipinski definition) is 3. The van der Waals surface area contributed by atoms with Crippen LogP contribution in [0, 0.1) is 0 Å². The fourth-order valence-electron chi connectivity index (χ4n) is 1.30. The molecular weight excluding hydrogens is 268 g/mol. The number of carbonyl (C=O) groups is 1. The van der Waals surface area contributed by atoms with Gasteiger partial charge in [0.1, 0.15) is 10.7 Å². The number of nitrogen functional groups attached to an aromatic ring is 1. The van der Waals surface area contributed by atoms with Crippen molar-refractivity contribution in [3.05, 3.63) is 4.88 Å². The van der Waals surface area contributed by atoms with Crippen LogP contribution in [0.4, 0.5) is 10.9 Å². The number of thiazole rings is 1. The van der Waals surface area contributed by atoms with Crippen molar-refractivity contribution < 1.29 is 14.6 Å². The molecule has 4 N–H and O–H groups in total. The van der Waals surface area contributed by atoms with Gasteiger partial charge in [0.25, 0.3) is 5.91 Å². The molecule has 108 valence electrons. The Labute approximate surface area is 116 Å². The summed E-state index contributed by atoms with van der Waals surface area (Å²) in [5, 5.41) is 12.0. The second-order valence-corrected chi connectivity index (χ2v) is 5.03. The highest BCUT2D eigenvalue weighted by atomic mass is 32.1. The summed E-state index contributed by atoms with van der Waals surface area (Å²) < 4.78 is 5.09. The molecule has 0 saturated heterocycles. The number of aromatic nitrogens is 1. The number of nitrogens with zero attached hydrogens (tertiary/aromatic N) is 2. The number of hydrogen-bond acceptors (Lipinski definition) is 7. The molecule has 0 spiro atoms. The number of carbonyl (C=O) groups excluding carboxylic acids is 1. The molecular formula is C11H20N4O3S. The van der Waals surface area contributed by atoms with E-state index in [0.717, 1.165) is 0 Å². The topological polar surface area (TPSA) is 101 Å². The molecule has 1 aromatic rings. The highest BCUT2D eigenvalue weighted by Gasteiger charge is 2.16. The lowest BCUT2D eigenvalue weighted by Gasteiger charge is -2.05. The maximum absolute atomic E-state index is 11.9. The fraction of sp³-hybridized carbons (Fsp3) is 0.636. The zero-order valence-corrected chi connectivity index (χ0v) is 12.0. The Bertz CT molecular complexity index is 409. The predicted molar refractivity (Wildman–Crippen MR) is 75.7 cm³/mol. The average Bonchev–Trinajstić information content (AvgIpc) is 2.76. The molecule has 0 aliphatic rings. The number of amides is 1. The van der Waals surface area contributed by atoms with Crippen LogP contribution in [0.15, 0.2) is 0 Å². The van der Waals surface area contributed by atoms with Crippen LogP contribution in [0.5, 0.6) is 0 Å². The highest BCUT2D eigenvalue weighted by Crippen LogP contribution is 2.26. The molecule has 7 nitrogen and oxygen atoms in total. The summed E-state index contributed by atoms with van der Waals surface area (Å²) in [5.74, 6) is 0.0352. The zero-order chi connectivity index (χ0) is 14.3. The van der Waals surface area contributed by atoms with Gasteiger partial charge in [0.2, 0.25) is 0 Å². The summed E-state index contributed by atoms with van der Waals surface area (Å²) in [6.45, 7) is 1.33. The molecule has 0 bridgehead atoms. The first-order valence-electron chi connectivity index (χ1n) is 5.96. The van der Waals surface area contributed by atoms with E-state index in [2.05, 4.69) is 10.3 Å². The quantitative estimate of drug-likeness (QED) is 0.578. The van der Waals surface area contributed by atoms with Crippen molar-refractivity contribution in [2.45, 2.75) is 6.42 Å². The molecule has 0 aliphatic heterocycles. The molecule has 1 aromatic heterocycles. The number of rotatable bonds is 8. The first-order valence-corrected chi connectivity index (χ1v) is 6.78. The van der Waals surface area contributed by atoms with Crippen LogP contribution in [-0.4, -0.2) is 56.5 Å². The summed E-state index contributed by atoms with van der Waals surface area (Å²) >= 11 is 1.26. The third-order valence-electron chi connectivity index (χ3n) is 2.22. The van der Waals surface area contributed by atoms with Crippen LogP contribution in [0.2, 0.25) is 0 Å². The van der Waals surface area contributed by atoms with Crippen molar-refractivity contribution in [2.24, 2.45) is 0 Å². The van der Waals surface area contributed by atoms with Crippen LogP contribution in [0.3, 0.4) is 0 Å². The van der Waals surface area contributed by atoms with Gasteiger partial charge in [-0.25, -0.2) is 4.98 Å². The number of ether oxygens (including phenoxy) is 1. The van der Waals surface area contributed by atoms with Gasteiger partial charge >= 0.3 is 0 Å². The van der Waals surface area contributed by atoms with Gasteiger partial charge in [0.15, 0.2) is 5.13 Å². The average molecular weight is 288 g/mol. The van der Waals surface area contributed by atoms with Gasteiger partial charge in [0, 0.05) is 27.2 Å². The van der Waals surface area contributed by atoms with Gasteiger partial charge in [0.05, 0.1) is 13.2 Å². The Morgan fingerprint density at radius 2 is 2.26 bits per heavy atom. The van der Waals surface area contributed by atoms with Gasteiger partial charge in [-0.15, -0.1) is 0 Å². The molecule has 0 saturated carbocycles. The second-order valence-electron chi connectivity index (χ2n) is 4.05. The lowest BCUT2D eigenvalue weighted by Crippen LogP contribution is -2.25. The van der Waals surface area contributed by atoms with Crippen molar-refractivity contribution in [3.63, 3.8) is 0 Å². The van der Waals surface area contributed by atoms with E-state index in [9.17, 15) is 4.79 Å². The van der Waals surface area contributed by atoms with Crippen LogP contribution in [0.1, 0.15) is 16.1 Å². The Morgan fingerprint density at radius 1 is 1.53 bits per heavy atom. The van der Waals surface area contributed by atoms with E-state index in [1.54, 1.807) is 4.90 Å². The number of aliphatic hydroxyl groups excluding tert-OH is 1. The lowest BCUT2D eigenvalue weighted by molar-refractivity contribution is 0.0869. The molecule has 8 heteroatoms. The minimum absolute atomic E-state index is 0.0110. The minimum Gasteiger partial charge on any atom is -0.394 e. The molecule has 1 amide bonds. The standard InChI is InChI=1S/C11H20N4O3S/c1-15(2)11-14-9(12)8(19-11)10(17)13-4-3-6-18-7-5-16/h16H,3-7,12H2,1-2H3,(H,13,17). The predicted octanol–water partition coefficient (Wildman–Crippen LogP) is -0.0799. The maximum atomic E-state index is 11.9. The molecule has 0 radical (unpaired) electrons. The minimum atomic E-state index is -0.217. The Kier molecular flexibility index (Phi) is 6.54. The van der Waals surface area contributed by atoms with Crippen molar-refractivity contribution >= 4 is 28.2 Å². The molecule has 0 aliphatic carbocycles. The van der Waals surface area contributed by atoms with Gasteiger partial charge in [-0.3, -0.25) is 4.79 Å². The fourth-order valence-corrected chi connectivity index (χ4v) is 2.12. The van der Waals surface area contributed by atoms with E-state index in [1.807, 2.05) is 14.1 Å². The van der Waals surface area contributed by atoms with Gasteiger partial charge < -0.3 is 25.8 Å². The molecule has 0 aromatic carbocycles. The number of aliphatic hydroxyl groups is 1. The Hall–Kier alpha value is -1.38. The molecule has 0 fully saturated rings. The molecule has 1 rings (SSSR count). The lowest BCUT2D eigenvalue weighted by atomic mass is 10.4. The number of nitrogens with one attached hydrogen (secondary N) is 1. The van der Waals surface area contributed by atoms with Gasteiger partial charge in [-0.2, -0.15) is 0 Å². The van der Waals surface area contributed by atoms with E-state index < -0.39 is 0 Å². The molecule has 1 heterocycles. The van der Waals surface area contributed by atoms with Crippen molar-refractivity contribution in [1.29, 1.82) is 0 Å². The van der Waals surface area contributed by atoms with Crippen LogP contribution >= 0.6 is 11.3 Å². The smallest absolute Gasteiger partial charge is 0.265 e. The van der Waals surface area contributed by atoms with E-state index in [0.29, 0.717) is 36.2 Å². The van der Waals surface area contributed by atoms with Crippen LogP contribution < -0.4 is 16.0 Å². The molecule has 0 unspecified atom stereocenters. The summed E-state index contributed by atoms with van der Waals surface area (Å²) in [7, 11) is 3.69. The SMILES string of the molecule is CN(C)c1nc(N)c(C(=O)NCCCOCCO)s1. The van der Waals surface area contributed by atoms with Crippen LogP contribution in [-0.2, 0) is 4.74 Å². The normalized spacial score (nSPS) is 10.5. The number of nitrogens with two attached hydrogens (primary N) is 1. The Balaban J connectivity index is 2.37. The first kappa shape index (κ1) is 15.7. The van der Waals surface area contributed by atoms with Crippen molar-refractivity contribution in [2.75, 3.05) is 51.1 Å². The second kappa shape index (κ2) is 7.93. The summed E-state index contributed by atoms with van der Waals surface area (Å²) in [6, 6.07) is 0. The van der Waals surface area contributed by atoms with Gasteiger partial charge in [-0.05, 0) is 6.42 Å². The monoisotopic (exact) mass is 288 g/mol. The third kappa shape index (κ3) is 5.01. The van der Waals surface area contributed by atoms with Gasteiger partial charge in [-0.1, -0.05) is 11.3 Å². The molecule has 0 atom stereocenters. The largest absolute Gasteiger partial charge is 0.394 e. The first-order chi connectivity index (χ1) is 9.06. The molecule has 19 heavy (non-hydrogen) atoms. The van der Waals surface area contributed by atoms with E-state index in [1.165, 1.54) is 11.3 Å². The zero-order valence-electron chi connectivity index (χ0n) is 11.2. The van der Waals surface area contributed by atoms with E-state index >= 15 is 0 Å². The van der Waals surface area contributed by atoms with Crippen molar-refractivity contribution in [1.82, 2.24) is 10.3 Å². The number of anilines is 2. The van der Waals surface area contributed by atoms with E-state index in [4.69, 9.17) is 15.6 Å². The van der Waals surface area contributed by atoms with Crippen LogP contribution in [0.25, 0.3) is 0 Å². The summed E-state index contributed by atoms with van der Waals surface area (Å²) in [6.07, 6.45) is 0.686. The highest BCUT2D eigenvalue weighted by molar-refractivity contribution is 7.18. The summed E-state index contributed by atoms with van der Waals surface area (Å²) in [4.78, 5) is 18.2. The summed E-state index contributed by atoms with van der Waals surface area (Å²) in [5.41, 5.74) is 5.71. The van der Waals surface area contributed by atoms with E-state index in [-0.39, 0.29) is 18.3 Å². The third-order valence-corrected chi connectivity index (χ3v) is 3.46. The van der Waals surface area contributed by atoms with Crippen molar-refractivity contribution in [3.8, 4) is 0 Å². The maximum Gasteiger partial charge on any atom is 0.265 e. The Morgan fingerprint density at radius 3 is 2.84 bits per heavy atom.